The molecule has 3 aromatic rings. The fourth-order valence-electron chi connectivity index (χ4n) is 2.50. The van der Waals surface area contributed by atoms with Crippen LogP contribution in [0.3, 0.4) is 0 Å². The number of aromatic nitrogens is 1. The van der Waals surface area contributed by atoms with Crippen LogP contribution in [-0.2, 0) is 22.6 Å². The maximum Gasteiger partial charge on any atom is 0.226 e. The normalized spacial score (nSPS) is 10.5. The summed E-state index contributed by atoms with van der Waals surface area (Å²) in [5.41, 5.74) is 1.71. The van der Waals surface area contributed by atoms with Gasteiger partial charge in [0.15, 0.2) is 10.9 Å². The van der Waals surface area contributed by atoms with Gasteiger partial charge >= 0.3 is 0 Å². The van der Waals surface area contributed by atoms with E-state index in [9.17, 15) is 9.59 Å². The van der Waals surface area contributed by atoms with Crippen molar-refractivity contribution in [1.29, 1.82) is 0 Å². The molecule has 0 aliphatic rings. The first-order valence-electron chi connectivity index (χ1n) is 8.75. The number of carbonyl (C=O) groups is 2. The van der Waals surface area contributed by atoms with Crippen LogP contribution in [0.1, 0.15) is 24.7 Å². The van der Waals surface area contributed by atoms with Crippen LogP contribution in [0.2, 0.25) is 0 Å². The summed E-state index contributed by atoms with van der Waals surface area (Å²) in [6.45, 7) is 1.78. The Balaban J connectivity index is 1.52. The van der Waals surface area contributed by atoms with Gasteiger partial charge in [-0.2, -0.15) is 0 Å². The Morgan fingerprint density at radius 1 is 1.18 bits per heavy atom. The van der Waals surface area contributed by atoms with E-state index in [-0.39, 0.29) is 11.8 Å². The Labute approximate surface area is 166 Å². The fraction of sp³-hybridized carbons (Fsp3) is 0.250. The Kier molecular flexibility index (Phi) is 6.44. The number of furan rings is 1. The van der Waals surface area contributed by atoms with Gasteiger partial charge in [-0.25, -0.2) is 4.98 Å². The standard InChI is InChI=1S/C20H21N3O4S/c1-13(24)21-11-16-8-9-18(27-16)17-12-28-20(22-17)23-19(25)10-5-14-3-6-15(26-2)7-4-14/h3-4,6-9,12H,5,10-11H2,1-2H3,(H,21,24)(H,22,23,25). The molecule has 7 nitrogen and oxygen atoms in total. The van der Waals surface area contributed by atoms with E-state index in [0.717, 1.165) is 11.3 Å². The molecule has 0 saturated carbocycles. The van der Waals surface area contributed by atoms with Crippen molar-refractivity contribution < 1.29 is 18.7 Å². The fourth-order valence-corrected chi connectivity index (χ4v) is 3.21. The molecule has 0 aliphatic carbocycles. The van der Waals surface area contributed by atoms with Gasteiger partial charge in [0, 0.05) is 18.7 Å². The number of ether oxygens (including phenoxy) is 1. The highest BCUT2D eigenvalue weighted by Crippen LogP contribution is 2.26. The zero-order chi connectivity index (χ0) is 19.9. The average Bonchev–Trinajstić information content (AvgIpc) is 3.34. The zero-order valence-electron chi connectivity index (χ0n) is 15.7. The number of rotatable bonds is 8. The van der Waals surface area contributed by atoms with E-state index < -0.39 is 0 Å². The summed E-state index contributed by atoms with van der Waals surface area (Å²) in [5.74, 6) is 1.81. The van der Waals surface area contributed by atoms with Gasteiger partial charge in [0.25, 0.3) is 0 Å². The first-order valence-corrected chi connectivity index (χ1v) is 9.63. The van der Waals surface area contributed by atoms with Crippen molar-refractivity contribution in [3.8, 4) is 17.2 Å². The Morgan fingerprint density at radius 3 is 2.68 bits per heavy atom. The Hall–Kier alpha value is -3.13. The highest BCUT2D eigenvalue weighted by Gasteiger charge is 2.11. The van der Waals surface area contributed by atoms with Gasteiger partial charge < -0.3 is 19.8 Å². The summed E-state index contributed by atoms with van der Waals surface area (Å²) in [6.07, 6.45) is 1.00. The lowest BCUT2D eigenvalue weighted by Crippen LogP contribution is -2.18. The third-order valence-electron chi connectivity index (χ3n) is 3.98. The van der Waals surface area contributed by atoms with E-state index >= 15 is 0 Å². The molecule has 0 spiro atoms. The van der Waals surface area contributed by atoms with Gasteiger partial charge in [0.05, 0.1) is 13.7 Å². The second kappa shape index (κ2) is 9.18. The monoisotopic (exact) mass is 399 g/mol. The van der Waals surface area contributed by atoms with Crippen molar-refractivity contribution in [3.63, 3.8) is 0 Å². The first-order chi connectivity index (χ1) is 13.5. The number of benzene rings is 1. The molecule has 2 aromatic heterocycles. The minimum absolute atomic E-state index is 0.0949. The molecule has 0 unspecified atom stereocenters. The predicted molar refractivity (Wildman–Crippen MR) is 107 cm³/mol. The maximum atomic E-state index is 12.2. The molecular weight excluding hydrogens is 378 g/mol. The van der Waals surface area contributed by atoms with E-state index in [1.165, 1.54) is 18.3 Å². The maximum absolute atomic E-state index is 12.2. The summed E-state index contributed by atoms with van der Waals surface area (Å²) in [7, 11) is 1.62. The number of hydrogen-bond acceptors (Lipinski definition) is 6. The Bertz CT molecular complexity index is 947. The van der Waals surface area contributed by atoms with E-state index in [0.29, 0.717) is 41.7 Å². The minimum atomic E-state index is -0.119. The molecule has 146 valence electrons. The molecule has 2 N–H and O–H groups in total. The van der Waals surface area contributed by atoms with Crippen LogP contribution >= 0.6 is 11.3 Å². The highest BCUT2D eigenvalue weighted by atomic mass is 32.1. The molecule has 0 aliphatic heterocycles. The molecule has 0 atom stereocenters. The predicted octanol–water partition coefficient (Wildman–Crippen LogP) is 3.62. The van der Waals surface area contributed by atoms with Crippen molar-refractivity contribution in [2.24, 2.45) is 0 Å². The average molecular weight is 399 g/mol. The zero-order valence-corrected chi connectivity index (χ0v) is 16.5. The van der Waals surface area contributed by atoms with Crippen LogP contribution in [-0.4, -0.2) is 23.9 Å². The molecule has 0 saturated heterocycles. The second-order valence-electron chi connectivity index (χ2n) is 6.11. The van der Waals surface area contributed by atoms with Crippen LogP contribution in [0.5, 0.6) is 5.75 Å². The lowest BCUT2D eigenvalue weighted by Gasteiger charge is -2.04. The largest absolute Gasteiger partial charge is 0.497 e. The lowest BCUT2D eigenvalue weighted by atomic mass is 10.1. The molecular formula is C20H21N3O4S. The number of methoxy groups -OCH3 is 1. The number of carbonyl (C=O) groups excluding carboxylic acids is 2. The highest BCUT2D eigenvalue weighted by molar-refractivity contribution is 7.14. The van der Waals surface area contributed by atoms with Gasteiger partial charge in [0.2, 0.25) is 11.8 Å². The molecule has 0 fully saturated rings. The van der Waals surface area contributed by atoms with Crippen LogP contribution in [0.15, 0.2) is 46.2 Å². The molecule has 0 bridgehead atoms. The van der Waals surface area contributed by atoms with Crippen LogP contribution < -0.4 is 15.4 Å². The lowest BCUT2D eigenvalue weighted by molar-refractivity contribution is -0.119. The number of nitrogens with one attached hydrogen (secondary N) is 2. The van der Waals surface area contributed by atoms with Gasteiger partial charge in [-0.3, -0.25) is 9.59 Å². The molecule has 3 rings (SSSR count). The molecule has 0 radical (unpaired) electrons. The molecule has 1 aromatic carbocycles. The van der Waals surface area contributed by atoms with Gasteiger partial charge in [0.1, 0.15) is 17.2 Å². The molecule has 8 heteroatoms. The van der Waals surface area contributed by atoms with Gasteiger partial charge in [-0.15, -0.1) is 11.3 Å². The number of anilines is 1. The van der Waals surface area contributed by atoms with Crippen molar-refractivity contribution in [2.45, 2.75) is 26.3 Å². The second-order valence-corrected chi connectivity index (χ2v) is 6.97. The van der Waals surface area contributed by atoms with Crippen molar-refractivity contribution in [1.82, 2.24) is 10.3 Å². The molecule has 2 heterocycles. The topological polar surface area (TPSA) is 93.5 Å². The van der Waals surface area contributed by atoms with Crippen molar-refractivity contribution >= 4 is 28.3 Å². The summed E-state index contributed by atoms with van der Waals surface area (Å²) < 4.78 is 10.8. The summed E-state index contributed by atoms with van der Waals surface area (Å²) in [6, 6.07) is 11.2. The summed E-state index contributed by atoms with van der Waals surface area (Å²) >= 11 is 1.34. The number of thiazole rings is 1. The minimum Gasteiger partial charge on any atom is -0.497 e. The number of amides is 2. The van der Waals surface area contributed by atoms with E-state index in [4.69, 9.17) is 9.15 Å². The van der Waals surface area contributed by atoms with E-state index in [1.807, 2.05) is 29.6 Å². The number of aryl methyl sites for hydroxylation is 1. The summed E-state index contributed by atoms with van der Waals surface area (Å²) in [4.78, 5) is 27.5. The summed E-state index contributed by atoms with van der Waals surface area (Å²) in [5, 5.41) is 7.84. The number of nitrogens with zero attached hydrogens (tertiary/aromatic N) is 1. The first kappa shape index (κ1) is 19.6. The third kappa shape index (κ3) is 5.43. The molecule has 2 amide bonds. The van der Waals surface area contributed by atoms with Crippen LogP contribution in [0.25, 0.3) is 11.5 Å². The van der Waals surface area contributed by atoms with E-state index in [1.54, 1.807) is 19.2 Å². The molecule has 28 heavy (non-hydrogen) atoms. The van der Waals surface area contributed by atoms with Crippen molar-refractivity contribution in [3.05, 3.63) is 53.1 Å². The smallest absolute Gasteiger partial charge is 0.226 e. The SMILES string of the molecule is COc1ccc(CCC(=O)Nc2nc(-c3ccc(CNC(C)=O)o3)cs2)cc1. The van der Waals surface area contributed by atoms with E-state index in [2.05, 4.69) is 15.6 Å². The number of hydrogen-bond donors (Lipinski definition) is 2. The Morgan fingerprint density at radius 2 is 1.96 bits per heavy atom. The van der Waals surface area contributed by atoms with Crippen LogP contribution in [0, 0.1) is 0 Å². The van der Waals surface area contributed by atoms with Gasteiger partial charge in [-0.1, -0.05) is 12.1 Å². The quantitative estimate of drug-likeness (QED) is 0.603. The third-order valence-corrected chi connectivity index (χ3v) is 4.73. The van der Waals surface area contributed by atoms with Crippen molar-refractivity contribution in [2.75, 3.05) is 12.4 Å². The van der Waals surface area contributed by atoms with Crippen LogP contribution in [0.4, 0.5) is 5.13 Å². The van der Waals surface area contributed by atoms with Gasteiger partial charge in [-0.05, 0) is 36.2 Å².